The van der Waals surface area contributed by atoms with Crippen molar-refractivity contribution in [2.75, 3.05) is 35.3 Å². The Hall–Kier alpha value is -4.50. The fraction of sp³-hybridized carbons (Fsp3) is 0.333. The third-order valence-corrected chi connectivity index (χ3v) is 10.5. The average molecular weight is 642 g/mol. The summed E-state index contributed by atoms with van der Waals surface area (Å²) in [5, 5.41) is 9.41. The molecule has 45 heavy (non-hydrogen) atoms. The number of hydrogen-bond donors (Lipinski definition) is 2. The first kappa shape index (κ1) is 30.5. The fourth-order valence-corrected chi connectivity index (χ4v) is 7.59. The van der Waals surface area contributed by atoms with E-state index < -0.39 is 37.3 Å². The van der Waals surface area contributed by atoms with Gasteiger partial charge in [0.05, 0.1) is 47.3 Å². The molecule has 1 saturated carbocycles. The highest BCUT2D eigenvalue weighted by molar-refractivity contribution is 7.92. The van der Waals surface area contributed by atoms with E-state index in [9.17, 15) is 26.4 Å². The summed E-state index contributed by atoms with van der Waals surface area (Å²) < 4.78 is 75.2. The number of anilines is 3. The lowest BCUT2D eigenvalue weighted by molar-refractivity contribution is -0.139. The molecule has 2 aromatic carbocycles. The van der Waals surface area contributed by atoms with Crippen LogP contribution in [0.4, 0.5) is 35.2 Å². The molecule has 0 spiro atoms. The smallest absolute Gasteiger partial charge is 0.377 e. The van der Waals surface area contributed by atoms with Gasteiger partial charge >= 0.3 is 12.2 Å². The third kappa shape index (κ3) is 5.96. The van der Waals surface area contributed by atoms with Gasteiger partial charge in [-0.3, -0.25) is 4.68 Å². The Labute approximate surface area is 257 Å². The first-order valence-corrected chi connectivity index (χ1v) is 15.7. The predicted octanol–water partition coefficient (Wildman–Crippen LogP) is 5.23. The molecule has 0 bridgehead atoms. The first-order chi connectivity index (χ1) is 21.4. The van der Waals surface area contributed by atoms with E-state index in [2.05, 4.69) is 20.7 Å². The molecule has 15 heteroatoms. The number of aryl methyl sites for hydroxylation is 1. The second-order valence-electron chi connectivity index (χ2n) is 11.1. The van der Waals surface area contributed by atoms with Crippen molar-refractivity contribution < 1.29 is 31.1 Å². The van der Waals surface area contributed by atoms with Crippen molar-refractivity contribution in [2.24, 2.45) is 7.05 Å². The van der Waals surface area contributed by atoms with E-state index in [0.29, 0.717) is 42.5 Å². The number of benzene rings is 2. The topological polar surface area (TPSA) is 131 Å². The van der Waals surface area contributed by atoms with Crippen molar-refractivity contribution >= 4 is 33.1 Å². The predicted molar refractivity (Wildman–Crippen MR) is 160 cm³/mol. The number of hydrogen-bond acceptors (Lipinski definition) is 8. The van der Waals surface area contributed by atoms with Gasteiger partial charge in [0.1, 0.15) is 10.6 Å². The second kappa shape index (κ2) is 11.5. The molecule has 1 aliphatic heterocycles. The van der Waals surface area contributed by atoms with E-state index >= 15 is 0 Å². The monoisotopic (exact) mass is 641 g/mol. The van der Waals surface area contributed by atoms with E-state index in [1.165, 1.54) is 18.3 Å². The summed E-state index contributed by atoms with van der Waals surface area (Å²) in [7, 11) is -2.78. The molecule has 2 aliphatic rings. The first-order valence-electron chi connectivity index (χ1n) is 14.2. The standard InChI is InChI=1S/C30H30F3N7O4S/c1-19-18-44-14-13-40(19)26-15-25(29(11-12-29)45(42,43)24-6-4-3-5-23(24)30(31,32)33)37-27(38-26)20-7-9-21(10-8-20)35-28(41)36-22-16-34-39(2)17-22/h3-10,15-17,19H,11-14,18H2,1-2H3,(H2,35,36,41)/t19-/m0/s1. The quantitative estimate of drug-likeness (QED) is 0.281. The van der Waals surface area contributed by atoms with E-state index in [0.717, 1.165) is 12.1 Å². The average Bonchev–Trinajstić information content (AvgIpc) is 3.74. The van der Waals surface area contributed by atoms with Gasteiger partial charge in [-0.1, -0.05) is 12.1 Å². The molecule has 2 fully saturated rings. The minimum absolute atomic E-state index is 0.0861. The number of carbonyl (C=O) groups excluding carboxylic acids is 1. The molecule has 1 aliphatic carbocycles. The highest BCUT2D eigenvalue weighted by Crippen LogP contribution is 2.56. The Bertz CT molecular complexity index is 1840. The van der Waals surface area contributed by atoms with Crippen molar-refractivity contribution in [3.63, 3.8) is 0 Å². The van der Waals surface area contributed by atoms with Crippen molar-refractivity contribution in [1.82, 2.24) is 19.7 Å². The number of sulfone groups is 1. The summed E-state index contributed by atoms with van der Waals surface area (Å²) in [5.74, 6) is 0.660. The van der Waals surface area contributed by atoms with Gasteiger partial charge in [-0.2, -0.15) is 18.3 Å². The summed E-state index contributed by atoms with van der Waals surface area (Å²) in [4.78, 5) is 23.0. The van der Waals surface area contributed by atoms with Crippen LogP contribution in [0, 0.1) is 0 Å². The zero-order chi connectivity index (χ0) is 32.0. The summed E-state index contributed by atoms with van der Waals surface area (Å²) in [6.07, 6.45) is -1.46. The number of alkyl halides is 3. The van der Waals surface area contributed by atoms with Crippen LogP contribution in [0.5, 0.6) is 0 Å². The zero-order valence-electron chi connectivity index (χ0n) is 24.4. The van der Waals surface area contributed by atoms with Gasteiger partial charge < -0.3 is 20.3 Å². The van der Waals surface area contributed by atoms with Gasteiger partial charge in [0, 0.05) is 37.1 Å². The maximum Gasteiger partial charge on any atom is 0.417 e. The minimum Gasteiger partial charge on any atom is -0.377 e. The fourth-order valence-electron chi connectivity index (χ4n) is 5.42. The molecule has 2 N–H and O–H groups in total. The normalized spacial score (nSPS) is 18.0. The molecule has 236 valence electrons. The van der Waals surface area contributed by atoms with E-state index in [4.69, 9.17) is 9.72 Å². The summed E-state index contributed by atoms with van der Waals surface area (Å²) in [6.45, 7) is 3.30. The SMILES string of the molecule is C[C@H]1COCCN1c1cc(C2(S(=O)(=O)c3ccccc3C(F)(F)F)CC2)nc(-c2ccc(NC(=O)Nc3cnn(C)c3)cc2)n1. The van der Waals surface area contributed by atoms with Crippen molar-refractivity contribution in [3.05, 3.63) is 78.2 Å². The van der Waals surface area contributed by atoms with E-state index in [1.54, 1.807) is 48.3 Å². The van der Waals surface area contributed by atoms with Crippen molar-refractivity contribution in [1.29, 1.82) is 0 Å². The van der Waals surface area contributed by atoms with Crippen LogP contribution in [-0.2, 0) is 32.5 Å². The summed E-state index contributed by atoms with van der Waals surface area (Å²) in [6, 6.07) is 11.9. The largest absolute Gasteiger partial charge is 0.417 e. The second-order valence-corrected chi connectivity index (χ2v) is 13.3. The lowest BCUT2D eigenvalue weighted by atomic mass is 10.1. The lowest BCUT2D eigenvalue weighted by Gasteiger charge is -2.35. The Morgan fingerprint density at radius 3 is 2.40 bits per heavy atom. The van der Waals surface area contributed by atoms with Crippen molar-refractivity contribution in [2.45, 2.75) is 41.6 Å². The highest BCUT2D eigenvalue weighted by Gasteiger charge is 2.59. The van der Waals surface area contributed by atoms with Crippen LogP contribution >= 0.6 is 0 Å². The van der Waals surface area contributed by atoms with Crippen molar-refractivity contribution in [3.8, 4) is 11.4 Å². The number of amides is 2. The third-order valence-electron chi connectivity index (χ3n) is 7.91. The number of rotatable bonds is 7. The number of ether oxygens (including phenoxy) is 1. The number of aromatic nitrogens is 4. The molecule has 6 rings (SSSR count). The number of urea groups is 1. The number of halogens is 3. The van der Waals surface area contributed by atoms with E-state index in [-0.39, 0.29) is 30.4 Å². The Balaban J connectivity index is 1.36. The molecule has 0 radical (unpaired) electrons. The summed E-state index contributed by atoms with van der Waals surface area (Å²) >= 11 is 0. The van der Waals surface area contributed by atoms with Crippen LogP contribution in [0.25, 0.3) is 11.4 Å². The zero-order valence-corrected chi connectivity index (χ0v) is 25.2. The minimum atomic E-state index is -4.85. The van der Waals surface area contributed by atoms with Gasteiger partial charge in [-0.25, -0.2) is 23.2 Å². The maximum absolute atomic E-state index is 14.0. The van der Waals surface area contributed by atoms with E-state index in [1.807, 2.05) is 11.8 Å². The molecular weight excluding hydrogens is 611 g/mol. The molecule has 3 heterocycles. The number of morpholine rings is 1. The van der Waals surface area contributed by atoms with Gasteiger partial charge in [0.2, 0.25) is 0 Å². The summed E-state index contributed by atoms with van der Waals surface area (Å²) in [5.41, 5.74) is 0.451. The molecule has 1 atom stereocenters. The Morgan fingerprint density at radius 2 is 1.76 bits per heavy atom. The number of nitrogens with zero attached hydrogens (tertiary/aromatic N) is 5. The van der Waals surface area contributed by atoms with Crippen LogP contribution in [0.2, 0.25) is 0 Å². The van der Waals surface area contributed by atoms with Crippen LogP contribution in [0.1, 0.15) is 31.0 Å². The molecule has 2 amide bonds. The number of nitrogens with one attached hydrogen (secondary N) is 2. The van der Waals surface area contributed by atoms with Crippen LogP contribution in [0.15, 0.2) is 71.9 Å². The molecular formula is C30H30F3N7O4S. The van der Waals surface area contributed by atoms with Crippen LogP contribution < -0.4 is 15.5 Å². The van der Waals surface area contributed by atoms with Crippen LogP contribution in [0.3, 0.4) is 0 Å². The Kier molecular flexibility index (Phi) is 7.77. The molecule has 11 nitrogen and oxygen atoms in total. The van der Waals surface area contributed by atoms with Gasteiger partial charge in [-0.05, 0) is 56.2 Å². The molecule has 0 unspecified atom stereocenters. The number of carbonyl (C=O) groups is 1. The molecule has 4 aromatic rings. The van der Waals surface area contributed by atoms with Gasteiger partial charge in [-0.15, -0.1) is 0 Å². The molecule has 1 saturated heterocycles. The lowest BCUT2D eigenvalue weighted by Crippen LogP contribution is -2.44. The molecule has 2 aromatic heterocycles. The van der Waals surface area contributed by atoms with Crippen LogP contribution in [-0.4, -0.2) is 60.0 Å². The maximum atomic E-state index is 14.0. The van der Waals surface area contributed by atoms with Gasteiger partial charge in [0.25, 0.3) is 0 Å². The highest BCUT2D eigenvalue weighted by atomic mass is 32.2. The Morgan fingerprint density at radius 1 is 1.04 bits per heavy atom. The van der Waals surface area contributed by atoms with Gasteiger partial charge in [0.15, 0.2) is 15.7 Å².